The van der Waals surface area contributed by atoms with Crippen molar-refractivity contribution >= 4 is 0 Å². The molecule has 0 amide bonds. The van der Waals surface area contributed by atoms with Crippen LogP contribution in [-0.2, 0) is 12.5 Å². The van der Waals surface area contributed by atoms with E-state index >= 15 is 0 Å². The highest BCUT2D eigenvalue weighted by Gasteiger charge is 2.41. The molecule has 0 aliphatic carbocycles. The van der Waals surface area contributed by atoms with E-state index in [1.165, 1.54) is 12.1 Å². The molecule has 0 N–H and O–H groups in total. The van der Waals surface area contributed by atoms with E-state index in [1.54, 1.807) is 0 Å². The summed E-state index contributed by atoms with van der Waals surface area (Å²) in [6.45, 7) is 1.96. The van der Waals surface area contributed by atoms with Crippen molar-refractivity contribution in [2.45, 2.75) is 38.7 Å². The summed E-state index contributed by atoms with van der Waals surface area (Å²) in [5.41, 5.74) is -1.08. The van der Waals surface area contributed by atoms with Gasteiger partial charge >= 0.3 is 6.11 Å². The molecule has 0 bridgehead atoms. The third-order valence-corrected chi connectivity index (χ3v) is 4.88. The van der Waals surface area contributed by atoms with Gasteiger partial charge < -0.3 is 4.74 Å². The summed E-state index contributed by atoms with van der Waals surface area (Å²) in [7, 11) is 0. The van der Waals surface area contributed by atoms with Crippen LogP contribution >= 0.6 is 0 Å². The summed E-state index contributed by atoms with van der Waals surface area (Å²) in [6, 6.07) is 7.69. The molecule has 3 aromatic carbocycles. The Morgan fingerprint density at radius 1 is 0.719 bits per heavy atom. The van der Waals surface area contributed by atoms with Gasteiger partial charge in [-0.2, -0.15) is 8.78 Å². The fraction of sp³-hybridized carbons (Fsp3) is 0.250. The normalized spacial score (nSPS) is 11.6. The zero-order valence-electron chi connectivity index (χ0n) is 17.0. The number of hydrogen-bond donors (Lipinski definition) is 0. The quantitative estimate of drug-likeness (QED) is 0.190. The molecule has 0 radical (unpaired) electrons. The number of hydrogen-bond acceptors (Lipinski definition) is 1. The molecule has 8 heteroatoms. The molecule has 0 fully saturated rings. The van der Waals surface area contributed by atoms with Crippen molar-refractivity contribution < 1.29 is 35.5 Å². The van der Waals surface area contributed by atoms with E-state index in [1.807, 2.05) is 6.92 Å². The number of halogens is 7. The fourth-order valence-electron chi connectivity index (χ4n) is 3.26. The number of aryl methyl sites for hydroxylation is 1. The average molecular weight is 456 g/mol. The van der Waals surface area contributed by atoms with Crippen LogP contribution in [0.25, 0.3) is 11.1 Å². The van der Waals surface area contributed by atoms with Gasteiger partial charge in [0.25, 0.3) is 0 Å². The van der Waals surface area contributed by atoms with Crippen LogP contribution < -0.4 is 4.74 Å². The van der Waals surface area contributed by atoms with Crippen molar-refractivity contribution in [2.24, 2.45) is 0 Å². The lowest BCUT2D eigenvalue weighted by Crippen LogP contribution is -2.25. The Kier molecular flexibility index (Phi) is 7.11. The van der Waals surface area contributed by atoms with E-state index in [-0.39, 0.29) is 16.7 Å². The van der Waals surface area contributed by atoms with Crippen LogP contribution in [0.2, 0.25) is 0 Å². The van der Waals surface area contributed by atoms with Crippen LogP contribution in [0, 0.1) is 29.1 Å². The van der Waals surface area contributed by atoms with E-state index in [0.717, 1.165) is 49.2 Å². The molecule has 0 atom stereocenters. The molecule has 0 aliphatic heterocycles. The van der Waals surface area contributed by atoms with Crippen LogP contribution in [0.4, 0.5) is 30.7 Å². The summed E-state index contributed by atoms with van der Waals surface area (Å²) >= 11 is 0. The maximum atomic E-state index is 14.5. The predicted octanol–water partition coefficient (Wildman–Crippen LogP) is 7.91. The van der Waals surface area contributed by atoms with Crippen molar-refractivity contribution in [2.75, 3.05) is 0 Å². The number of benzene rings is 3. The van der Waals surface area contributed by atoms with Gasteiger partial charge in [-0.25, -0.2) is 22.0 Å². The SMILES string of the molecule is CCCCCc1cc(F)c(C(F)(F)Oc2ccc(-c3cc(F)c(F)c(F)c3)cc2)c(F)c1. The molecule has 1 nitrogen and oxygen atoms in total. The second-order valence-corrected chi connectivity index (χ2v) is 7.29. The lowest BCUT2D eigenvalue weighted by Gasteiger charge is -2.20. The Morgan fingerprint density at radius 3 is 1.81 bits per heavy atom. The minimum absolute atomic E-state index is 0.0320. The maximum absolute atomic E-state index is 14.5. The molecule has 0 saturated heterocycles. The van der Waals surface area contributed by atoms with Gasteiger partial charge in [-0.1, -0.05) is 31.9 Å². The van der Waals surface area contributed by atoms with Crippen molar-refractivity contribution in [1.29, 1.82) is 0 Å². The summed E-state index contributed by atoms with van der Waals surface area (Å²) in [4.78, 5) is 0. The van der Waals surface area contributed by atoms with Crippen LogP contribution in [0.5, 0.6) is 5.75 Å². The van der Waals surface area contributed by atoms with Crippen LogP contribution in [0.15, 0.2) is 48.5 Å². The first-order chi connectivity index (χ1) is 15.1. The summed E-state index contributed by atoms with van der Waals surface area (Å²) in [6.07, 6.45) is -1.53. The van der Waals surface area contributed by atoms with Crippen LogP contribution in [0.1, 0.15) is 37.3 Å². The van der Waals surface area contributed by atoms with E-state index in [0.29, 0.717) is 12.8 Å². The first kappa shape index (κ1) is 23.6. The van der Waals surface area contributed by atoms with Gasteiger partial charge in [0.1, 0.15) is 22.9 Å². The highest BCUT2D eigenvalue weighted by atomic mass is 19.3. The summed E-state index contributed by atoms with van der Waals surface area (Å²) in [5.74, 6) is -7.72. The van der Waals surface area contributed by atoms with E-state index in [2.05, 4.69) is 4.74 Å². The molecule has 0 unspecified atom stereocenters. The predicted molar refractivity (Wildman–Crippen MR) is 106 cm³/mol. The molecule has 3 rings (SSSR count). The van der Waals surface area contributed by atoms with E-state index < -0.39 is 46.5 Å². The number of ether oxygens (including phenoxy) is 1. The summed E-state index contributed by atoms with van der Waals surface area (Å²) < 4.78 is 102. The van der Waals surface area contributed by atoms with Gasteiger partial charge in [-0.3, -0.25) is 0 Å². The Balaban J connectivity index is 1.81. The van der Waals surface area contributed by atoms with E-state index in [9.17, 15) is 30.7 Å². The smallest absolute Gasteiger partial charge is 0.429 e. The second kappa shape index (κ2) is 9.63. The molecule has 0 aliphatic rings. The maximum Gasteiger partial charge on any atom is 0.432 e. The van der Waals surface area contributed by atoms with Gasteiger partial charge in [0.2, 0.25) is 0 Å². The lowest BCUT2D eigenvalue weighted by atomic mass is 10.0. The third kappa shape index (κ3) is 5.23. The van der Waals surface area contributed by atoms with Gasteiger partial charge in [0.15, 0.2) is 17.5 Å². The highest BCUT2D eigenvalue weighted by Crippen LogP contribution is 2.36. The van der Waals surface area contributed by atoms with Gasteiger partial charge in [-0.15, -0.1) is 0 Å². The Hall–Kier alpha value is -3.03. The zero-order chi connectivity index (χ0) is 23.5. The highest BCUT2D eigenvalue weighted by molar-refractivity contribution is 5.64. The molecule has 0 aromatic heterocycles. The van der Waals surface area contributed by atoms with Gasteiger partial charge in [0, 0.05) is 0 Å². The van der Waals surface area contributed by atoms with Crippen LogP contribution in [0.3, 0.4) is 0 Å². The van der Waals surface area contributed by atoms with Gasteiger partial charge in [0.05, 0.1) is 0 Å². The van der Waals surface area contributed by atoms with Crippen molar-refractivity contribution in [3.63, 3.8) is 0 Å². The molecular formula is C24H19F7O. The Bertz CT molecular complexity index is 1050. The molecule has 0 spiro atoms. The number of unbranched alkanes of at least 4 members (excludes halogenated alkanes) is 2. The minimum Gasteiger partial charge on any atom is -0.429 e. The third-order valence-electron chi connectivity index (χ3n) is 4.88. The van der Waals surface area contributed by atoms with Crippen molar-refractivity contribution in [1.82, 2.24) is 0 Å². The average Bonchev–Trinajstić information content (AvgIpc) is 2.71. The molecule has 170 valence electrons. The molecule has 0 saturated carbocycles. The first-order valence-electron chi connectivity index (χ1n) is 9.92. The first-order valence-corrected chi connectivity index (χ1v) is 9.92. The number of alkyl halides is 2. The molecule has 32 heavy (non-hydrogen) atoms. The monoisotopic (exact) mass is 456 g/mol. The standard InChI is InChI=1S/C24H19F7O/c1-2-3-4-5-14-10-18(25)22(19(26)11-14)24(30,31)32-17-8-6-15(7-9-17)16-12-20(27)23(29)21(28)13-16/h6-13H,2-5H2,1H3. The zero-order valence-corrected chi connectivity index (χ0v) is 17.0. The van der Waals surface area contributed by atoms with E-state index in [4.69, 9.17) is 0 Å². The minimum atomic E-state index is -4.31. The molecule has 3 aromatic rings. The number of rotatable bonds is 8. The molecular weight excluding hydrogens is 437 g/mol. The second-order valence-electron chi connectivity index (χ2n) is 7.29. The Morgan fingerprint density at radius 2 is 1.28 bits per heavy atom. The lowest BCUT2D eigenvalue weighted by molar-refractivity contribution is -0.189. The summed E-state index contributed by atoms with van der Waals surface area (Å²) in [5, 5.41) is 0. The molecule has 0 heterocycles. The Labute approximate surface area is 180 Å². The largest absolute Gasteiger partial charge is 0.432 e. The topological polar surface area (TPSA) is 9.23 Å². The van der Waals surface area contributed by atoms with Crippen molar-refractivity contribution in [3.8, 4) is 16.9 Å². The van der Waals surface area contributed by atoms with Crippen molar-refractivity contribution in [3.05, 3.63) is 88.7 Å². The van der Waals surface area contributed by atoms with Gasteiger partial charge in [-0.05, 0) is 65.9 Å². The van der Waals surface area contributed by atoms with Crippen LogP contribution in [-0.4, -0.2) is 0 Å². The fourth-order valence-corrected chi connectivity index (χ4v) is 3.26.